The van der Waals surface area contributed by atoms with Gasteiger partial charge in [0.05, 0.1) is 0 Å². The van der Waals surface area contributed by atoms with E-state index in [1.807, 2.05) is 4.90 Å². The van der Waals surface area contributed by atoms with Gasteiger partial charge in [-0.15, -0.1) is 0 Å². The molecule has 0 rings (SSSR count). The van der Waals surface area contributed by atoms with Crippen LogP contribution in [0, 0.1) is 0 Å². The van der Waals surface area contributed by atoms with Crippen molar-refractivity contribution in [1.29, 1.82) is 0 Å². The van der Waals surface area contributed by atoms with Crippen molar-refractivity contribution < 1.29 is 13.0 Å². The number of carbonyl (C=O) groups is 1. The highest BCUT2D eigenvalue weighted by atomic mass is 28.4. The average molecular weight is 476 g/mol. The first-order valence-corrected chi connectivity index (χ1v) is 23.7. The van der Waals surface area contributed by atoms with Crippen LogP contribution >= 0.6 is 0 Å². The predicted octanol–water partition coefficient (Wildman–Crippen LogP) is 6.21. The van der Waals surface area contributed by atoms with Gasteiger partial charge in [0.15, 0.2) is 34.0 Å². The highest BCUT2D eigenvalue weighted by Crippen LogP contribution is 2.24. The van der Waals surface area contributed by atoms with E-state index in [0.717, 1.165) is 38.0 Å². The van der Waals surface area contributed by atoms with E-state index < -0.39 is 34.0 Å². The Morgan fingerprint density at radius 3 is 1.76 bits per heavy atom. The topological polar surface area (TPSA) is 38.8 Å². The van der Waals surface area contributed by atoms with Gasteiger partial charge in [0.1, 0.15) is 0 Å². The summed E-state index contributed by atoms with van der Waals surface area (Å²) in [7, 11) is -5.83. The van der Waals surface area contributed by atoms with Gasteiger partial charge in [0.25, 0.3) is 0 Å². The first kappa shape index (κ1) is 29.0. The van der Waals surface area contributed by atoms with E-state index in [1.54, 1.807) is 0 Å². The van der Waals surface area contributed by atoms with Crippen LogP contribution < -0.4 is 0 Å². The molecule has 4 nitrogen and oxygen atoms in total. The molecule has 0 saturated carbocycles. The van der Waals surface area contributed by atoms with Crippen molar-refractivity contribution in [3.8, 4) is 0 Å². The first-order valence-electron chi connectivity index (χ1n) is 11.5. The van der Waals surface area contributed by atoms with Gasteiger partial charge >= 0.3 is 0 Å². The van der Waals surface area contributed by atoms with E-state index in [1.165, 1.54) is 25.0 Å². The summed E-state index contributed by atoms with van der Waals surface area (Å²) in [5, 5.41) is 0. The van der Waals surface area contributed by atoms with Gasteiger partial charge in [-0.05, 0) is 89.4 Å². The zero-order valence-corrected chi connectivity index (χ0v) is 25.1. The van der Waals surface area contributed by atoms with Crippen molar-refractivity contribution in [2.75, 3.05) is 13.1 Å². The quantitative estimate of drug-likeness (QED) is 0.197. The monoisotopic (exact) mass is 475 g/mol. The highest BCUT2D eigenvalue weighted by molar-refractivity contribution is 6.84. The first-order chi connectivity index (χ1) is 13.2. The molecule has 0 spiro atoms. The normalized spacial score (nSPS) is 13.0. The number of rotatable bonds is 16. The van der Waals surface area contributed by atoms with E-state index >= 15 is 0 Å². The molecule has 0 fully saturated rings. The van der Waals surface area contributed by atoms with Crippen molar-refractivity contribution in [2.24, 2.45) is 0 Å². The molecule has 0 saturated heterocycles. The highest BCUT2D eigenvalue weighted by Gasteiger charge is 2.32. The fraction of sp³-hybridized carbons (Fsp3) is 0.857. The maximum absolute atomic E-state index is 12.3. The van der Waals surface area contributed by atoms with Crippen molar-refractivity contribution in [3.05, 3.63) is 12.7 Å². The van der Waals surface area contributed by atoms with Crippen LogP contribution in [0.4, 0.5) is 0 Å². The van der Waals surface area contributed by atoms with E-state index in [9.17, 15) is 4.79 Å². The lowest BCUT2D eigenvalue weighted by molar-refractivity contribution is -0.126. The van der Waals surface area contributed by atoms with Crippen molar-refractivity contribution in [3.63, 3.8) is 0 Å². The summed E-state index contributed by atoms with van der Waals surface area (Å²) in [6.45, 7) is 26.0. The number of nitrogens with zero attached hydrogens (tertiary/aromatic N) is 1. The summed E-state index contributed by atoms with van der Waals surface area (Å²) >= 11 is 0. The molecule has 0 aromatic heterocycles. The molecule has 0 heterocycles. The molecular formula is C21H49NO3Si4. The minimum atomic E-state index is -1.69. The Bertz CT molecular complexity index is 496. The molecule has 0 bridgehead atoms. The van der Waals surface area contributed by atoms with E-state index in [-0.39, 0.29) is 5.91 Å². The summed E-state index contributed by atoms with van der Waals surface area (Å²) in [5.41, 5.74) is 0. The number of hydrogen-bond donors (Lipinski definition) is 0. The molecule has 0 aliphatic rings. The molecule has 0 radical (unpaired) electrons. The summed E-state index contributed by atoms with van der Waals surface area (Å²) in [6, 6.07) is 3.47. The molecule has 0 aliphatic heterocycles. The number of carbonyl (C=O) groups excluding carboxylic acids is 1. The van der Waals surface area contributed by atoms with Gasteiger partial charge in [-0.1, -0.05) is 26.3 Å². The Balaban J connectivity index is 4.58. The Morgan fingerprint density at radius 2 is 1.34 bits per heavy atom. The molecule has 0 aromatic carbocycles. The standard InChI is InChI=1S/C21H49NO3Si4/c1-11-13-18-28(7,8)25-29(9,10)20-15-17-22(21(23)12-2)16-14-19-27(5,6)24-26(3)4/h12,26H,2,11,13-20H2,1,3-10H3. The van der Waals surface area contributed by atoms with Crippen LogP contribution in [0.3, 0.4) is 0 Å². The number of unbranched alkanes of at least 4 members (excludes halogenated alkanes) is 1. The fourth-order valence-corrected chi connectivity index (χ4v) is 19.6. The summed E-state index contributed by atoms with van der Waals surface area (Å²) in [4.78, 5) is 14.3. The SMILES string of the molecule is C=CC(=O)N(CCC[Si](C)(C)O[SiH](C)C)CCC[Si](C)(C)O[Si](C)(C)CCCC. The molecular weight excluding hydrogens is 427 g/mol. The van der Waals surface area contributed by atoms with Gasteiger partial charge < -0.3 is 13.1 Å². The van der Waals surface area contributed by atoms with Crippen LogP contribution in [0.5, 0.6) is 0 Å². The lowest BCUT2D eigenvalue weighted by Gasteiger charge is -2.34. The van der Waals surface area contributed by atoms with E-state index in [4.69, 9.17) is 8.23 Å². The third-order valence-electron chi connectivity index (χ3n) is 5.14. The molecule has 172 valence electrons. The fourth-order valence-electron chi connectivity index (χ4n) is 4.00. The molecule has 0 atom stereocenters. The minimum absolute atomic E-state index is 0.0571. The van der Waals surface area contributed by atoms with Crippen molar-refractivity contribution in [2.45, 2.75) is 103 Å². The smallest absolute Gasteiger partial charge is 0.245 e. The van der Waals surface area contributed by atoms with E-state index in [2.05, 4.69) is 65.9 Å². The van der Waals surface area contributed by atoms with Crippen LogP contribution in [0.25, 0.3) is 0 Å². The Kier molecular flexibility index (Phi) is 13.4. The predicted molar refractivity (Wildman–Crippen MR) is 139 cm³/mol. The van der Waals surface area contributed by atoms with Crippen molar-refractivity contribution >= 4 is 39.9 Å². The summed E-state index contributed by atoms with van der Waals surface area (Å²) < 4.78 is 13.0. The molecule has 0 aromatic rings. The number of amides is 1. The summed E-state index contributed by atoms with van der Waals surface area (Å²) in [6.07, 6.45) is 6.01. The molecule has 29 heavy (non-hydrogen) atoms. The largest absolute Gasteiger partial charge is 0.458 e. The third kappa shape index (κ3) is 14.6. The average Bonchev–Trinajstić information content (AvgIpc) is 2.55. The second-order valence-corrected chi connectivity index (χ2v) is 26.3. The molecule has 1 amide bonds. The van der Waals surface area contributed by atoms with Gasteiger partial charge in [0, 0.05) is 13.1 Å². The lowest BCUT2D eigenvalue weighted by atomic mass is 10.3. The Morgan fingerprint density at radius 1 is 0.897 bits per heavy atom. The zero-order valence-electron chi connectivity index (χ0n) is 20.9. The van der Waals surface area contributed by atoms with Crippen LogP contribution in [0.15, 0.2) is 12.7 Å². The van der Waals surface area contributed by atoms with E-state index in [0.29, 0.717) is 0 Å². The van der Waals surface area contributed by atoms with Gasteiger partial charge in [-0.3, -0.25) is 4.79 Å². The third-order valence-corrected chi connectivity index (χ3v) is 18.7. The maximum Gasteiger partial charge on any atom is 0.245 e. The van der Waals surface area contributed by atoms with Crippen LogP contribution in [-0.4, -0.2) is 57.9 Å². The van der Waals surface area contributed by atoms with Gasteiger partial charge in [0.2, 0.25) is 5.91 Å². The van der Waals surface area contributed by atoms with Gasteiger partial charge in [-0.2, -0.15) is 0 Å². The van der Waals surface area contributed by atoms with Crippen molar-refractivity contribution in [1.82, 2.24) is 4.90 Å². The summed E-state index contributed by atoms with van der Waals surface area (Å²) in [5.74, 6) is 0.0571. The Hall–Kier alpha value is -0.00247. The molecule has 8 heteroatoms. The molecule has 0 unspecified atom stereocenters. The maximum atomic E-state index is 12.3. The lowest BCUT2D eigenvalue weighted by Crippen LogP contribution is -2.44. The second-order valence-electron chi connectivity index (χ2n) is 10.4. The second kappa shape index (κ2) is 13.4. The Labute approximate surface area is 186 Å². The van der Waals surface area contributed by atoms with Gasteiger partial charge in [-0.25, -0.2) is 0 Å². The zero-order chi connectivity index (χ0) is 22.7. The molecule has 0 N–H and O–H groups in total. The van der Waals surface area contributed by atoms with Crippen LogP contribution in [-0.2, 0) is 13.0 Å². The molecule has 0 aliphatic carbocycles. The van der Waals surface area contributed by atoms with Crippen LogP contribution in [0.1, 0.15) is 32.6 Å². The van der Waals surface area contributed by atoms with Crippen LogP contribution in [0.2, 0.25) is 70.5 Å². The minimum Gasteiger partial charge on any atom is -0.458 e. The number of hydrogen-bond acceptors (Lipinski definition) is 3.